The van der Waals surface area contributed by atoms with Crippen LogP contribution in [0.4, 0.5) is 0 Å². The van der Waals surface area contributed by atoms with Crippen LogP contribution < -0.4 is 16.0 Å². The van der Waals surface area contributed by atoms with Crippen molar-refractivity contribution in [3.63, 3.8) is 0 Å². The van der Waals surface area contributed by atoms with Crippen LogP contribution in [0.2, 0.25) is 0 Å². The quantitative estimate of drug-likeness (QED) is 0.0706. The normalized spacial score (nSPS) is 21.4. The Morgan fingerprint density at radius 1 is 0.495 bits per heavy atom. The first kappa shape index (κ1) is 71.7. The number of hydrogen-bond acceptors (Lipinski definition) is 9. The SMILES string of the molecule is CN(Cc1ccccc1)S(=O)(=O)c1cc(C(=O)NC2C(C)(C)[C@@H]3CC[C@]2(C)C3)ccc1Br.CN(Cc1ccccc1)S(=O)(=O)c1cc(C(=O)NCC(C)(C)C)ccc1Br.CN(Cc1ccccc1)S(=O)(=O)c1cc(C(=O)NCC2C[C@@H]3C[C@H](C2)C3(C)C)ccc1Br. The van der Waals surface area contributed by atoms with Crippen LogP contribution >= 0.6 is 47.8 Å². The number of carbonyl (C=O) groups excluding carboxylic acids is 3. The molecule has 11 rings (SSSR count). The van der Waals surface area contributed by atoms with Gasteiger partial charge in [0, 0.05) is 90.0 Å². The monoisotopic (exact) mass is 1490 g/mol. The molecular weight excluding hydrogens is 1400 g/mol. The van der Waals surface area contributed by atoms with E-state index in [-0.39, 0.29) is 74.3 Å². The second-order valence-corrected chi connectivity index (χ2v) is 36.3. The average molecular weight is 1490 g/mol. The van der Waals surface area contributed by atoms with Gasteiger partial charge in [-0.05, 0) is 203 Å². The van der Waals surface area contributed by atoms with Crippen LogP contribution in [0, 0.1) is 45.3 Å². The molecule has 2 unspecified atom stereocenters. The number of hydrogen-bond donors (Lipinski definition) is 3. The maximum absolute atomic E-state index is 13.3. The lowest BCUT2D eigenvalue weighted by Gasteiger charge is -2.59. The minimum Gasteiger partial charge on any atom is -0.352 e. The van der Waals surface area contributed by atoms with Gasteiger partial charge in [-0.25, -0.2) is 25.3 Å². The summed E-state index contributed by atoms with van der Waals surface area (Å²) in [5.74, 6) is 1.90. The maximum Gasteiger partial charge on any atom is 0.251 e. The fraction of sp³-hybridized carbons (Fsp3) is 0.443. The van der Waals surface area contributed by atoms with E-state index in [0.717, 1.165) is 54.2 Å². The first-order chi connectivity index (χ1) is 42.5. The van der Waals surface area contributed by atoms with Gasteiger partial charge in [-0.1, -0.05) is 146 Å². The molecule has 0 radical (unpaired) electrons. The van der Waals surface area contributed by atoms with Gasteiger partial charge >= 0.3 is 0 Å². The number of fused-ring (bicyclic) bond motifs is 4. The molecule has 5 fully saturated rings. The number of benzene rings is 6. The minimum absolute atomic E-state index is 0.0306. The second kappa shape index (κ2) is 28.9. The summed E-state index contributed by atoms with van der Waals surface area (Å²) in [5, 5.41) is 9.15. The maximum atomic E-state index is 13.3. The van der Waals surface area contributed by atoms with Crippen molar-refractivity contribution in [3.05, 3.63) is 192 Å². The predicted molar refractivity (Wildman–Crippen MR) is 370 cm³/mol. The van der Waals surface area contributed by atoms with E-state index in [1.807, 2.05) is 112 Å². The van der Waals surface area contributed by atoms with E-state index >= 15 is 0 Å². The van der Waals surface area contributed by atoms with Crippen LogP contribution in [-0.2, 0) is 49.7 Å². The molecule has 15 nitrogen and oxygen atoms in total. The lowest BCUT2D eigenvalue weighted by molar-refractivity contribution is -0.0887. The molecule has 5 aliphatic carbocycles. The summed E-state index contributed by atoms with van der Waals surface area (Å²) < 4.78 is 84.2. The molecule has 6 aromatic rings. The summed E-state index contributed by atoms with van der Waals surface area (Å²) in [7, 11) is -6.68. The van der Waals surface area contributed by atoms with E-state index in [1.54, 1.807) is 50.5 Å². The van der Waals surface area contributed by atoms with Crippen molar-refractivity contribution in [3.8, 4) is 0 Å². The molecule has 5 saturated carbocycles. The zero-order valence-electron chi connectivity index (χ0n) is 53.9. The van der Waals surface area contributed by atoms with Crippen molar-refractivity contribution >= 4 is 95.6 Å². The number of rotatable bonds is 19. The Labute approximate surface area is 565 Å². The van der Waals surface area contributed by atoms with E-state index in [9.17, 15) is 39.6 Å². The Balaban J connectivity index is 0.000000177. The smallest absolute Gasteiger partial charge is 0.251 e. The minimum atomic E-state index is -3.79. The van der Waals surface area contributed by atoms with Gasteiger partial charge in [0.15, 0.2) is 0 Å². The van der Waals surface area contributed by atoms with Gasteiger partial charge in [0.25, 0.3) is 17.7 Å². The van der Waals surface area contributed by atoms with E-state index in [0.29, 0.717) is 60.4 Å². The molecule has 91 heavy (non-hydrogen) atoms. The molecule has 6 aromatic carbocycles. The summed E-state index contributed by atoms with van der Waals surface area (Å²) in [6, 6.07) is 42.5. The van der Waals surface area contributed by atoms with Crippen molar-refractivity contribution in [1.82, 2.24) is 28.9 Å². The summed E-state index contributed by atoms with van der Waals surface area (Å²) in [6.45, 7) is 19.4. The van der Waals surface area contributed by atoms with E-state index in [2.05, 4.69) is 98.4 Å². The predicted octanol–water partition coefficient (Wildman–Crippen LogP) is 14.3. The van der Waals surface area contributed by atoms with Crippen molar-refractivity contribution in [2.24, 2.45) is 45.3 Å². The fourth-order valence-electron chi connectivity index (χ4n) is 13.5. The van der Waals surface area contributed by atoms with Gasteiger partial charge in [0.1, 0.15) is 0 Å². The van der Waals surface area contributed by atoms with Gasteiger partial charge in [0.2, 0.25) is 30.1 Å². The third-order valence-electron chi connectivity index (χ3n) is 19.2. The third kappa shape index (κ3) is 16.9. The Morgan fingerprint density at radius 3 is 1.20 bits per heavy atom. The number of halogens is 3. The summed E-state index contributed by atoms with van der Waals surface area (Å²) >= 11 is 10.0. The Morgan fingerprint density at radius 2 is 0.857 bits per heavy atom. The third-order valence-corrected chi connectivity index (χ3v) is 27.6. The molecule has 0 aliphatic heterocycles. The molecule has 3 N–H and O–H groups in total. The Kier molecular flexibility index (Phi) is 22.8. The molecule has 6 atom stereocenters. The van der Waals surface area contributed by atoms with Gasteiger partial charge in [0.05, 0.1) is 14.7 Å². The molecule has 490 valence electrons. The molecule has 3 amide bonds. The zero-order chi connectivity index (χ0) is 66.6. The van der Waals surface area contributed by atoms with Gasteiger partial charge in [-0.3, -0.25) is 14.4 Å². The lowest BCUT2D eigenvalue weighted by Crippen LogP contribution is -2.52. The summed E-state index contributed by atoms with van der Waals surface area (Å²) in [6.07, 6.45) is 7.11. The molecule has 0 aromatic heterocycles. The van der Waals surface area contributed by atoms with E-state index < -0.39 is 30.1 Å². The van der Waals surface area contributed by atoms with Crippen LogP contribution in [-0.4, -0.2) is 96.2 Å². The largest absolute Gasteiger partial charge is 0.352 e. The standard InChI is InChI=1S/2C25H31BrN2O3S.C20H25BrN2O3S/c1-24(2)19-12-13-25(3,15-19)23(24)27-22(29)18-10-11-20(26)21(14-18)32(30,31)28(4)16-17-8-6-5-7-9-17;1-25(2)20-11-18(12-21(25)14-20)15-27-24(29)19-9-10-22(26)23(13-19)32(30,31)28(3)16-17-7-5-4-6-8-17;1-20(2,3)14-22-19(24)16-10-11-17(21)18(12-16)27(25,26)23(4)13-15-8-6-5-7-9-15/h5-11,14,19,23H,12-13,15-16H2,1-4H3,(H,27,29);4-10,13,18,20-21H,11-12,14-16H2,1-3H3,(H,27,29);5-12H,13-14H2,1-4H3,(H,22,24)/t19-,23?,25-;18?,20-,21+;/m1../s1. The lowest BCUT2D eigenvalue weighted by atomic mass is 9.47. The van der Waals surface area contributed by atoms with Gasteiger partial charge in [-0.15, -0.1) is 0 Å². The van der Waals surface area contributed by atoms with E-state index in [4.69, 9.17) is 0 Å². The Bertz CT molecular complexity index is 3930. The van der Waals surface area contributed by atoms with Crippen LogP contribution in [0.15, 0.2) is 174 Å². The molecule has 21 heteroatoms. The van der Waals surface area contributed by atoms with Crippen molar-refractivity contribution < 1.29 is 39.6 Å². The highest BCUT2D eigenvalue weighted by atomic mass is 79.9. The molecule has 0 heterocycles. The van der Waals surface area contributed by atoms with Crippen LogP contribution in [0.3, 0.4) is 0 Å². The number of nitrogens with zero attached hydrogens (tertiary/aromatic N) is 3. The van der Waals surface area contributed by atoms with Crippen LogP contribution in [0.25, 0.3) is 0 Å². The topological polar surface area (TPSA) is 199 Å². The zero-order valence-corrected chi connectivity index (χ0v) is 61.1. The highest BCUT2D eigenvalue weighted by Crippen LogP contribution is 2.63. The molecule has 0 saturated heterocycles. The van der Waals surface area contributed by atoms with Crippen molar-refractivity contribution in [2.45, 2.75) is 134 Å². The molecule has 5 aliphatic rings. The van der Waals surface area contributed by atoms with Crippen LogP contribution in [0.5, 0.6) is 0 Å². The number of carbonyl (C=O) groups is 3. The van der Waals surface area contributed by atoms with Gasteiger partial charge in [-0.2, -0.15) is 12.9 Å². The average Bonchev–Trinajstić information content (AvgIpc) is 1.68. The van der Waals surface area contributed by atoms with Crippen molar-refractivity contribution in [2.75, 3.05) is 34.2 Å². The first-order valence-corrected chi connectivity index (χ1v) is 37.5. The molecule has 4 bridgehead atoms. The number of amides is 3. The van der Waals surface area contributed by atoms with Gasteiger partial charge < -0.3 is 16.0 Å². The van der Waals surface area contributed by atoms with Crippen LogP contribution in [0.1, 0.15) is 142 Å². The second-order valence-electron chi connectivity index (χ2n) is 27.7. The highest BCUT2D eigenvalue weighted by Gasteiger charge is 2.60. The molecular formula is C70H87Br3N6O9S3. The Hall–Kier alpha value is -5.10. The number of sulfonamides is 3. The fourth-order valence-corrected chi connectivity index (χ4v) is 19.8. The van der Waals surface area contributed by atoms with Crippen molar-refractivity contribution in [1.29, 1.82) is 0 Å². The number of nitrogens with one attached hydrogen (secondary N) is 3. The van der Waals surface area contributed by atoms with E-state index in [1.165, 1.54) is 51.0 Å². The highest BCUT2D eigenvalue weighted by molar-refractivity contribution is 9.11. The summed E-state index contributed by atoms with van der Waals surface area (Å²) in [4.78, 5) is 38.7. The first-order valence-electron chi connectivity index (χ1n) is 30.8. The summed E-state index contributed by atoms with van der Waals surface area (Å²) in [5.41, 5.74) is 4.24. The molecule has 0 spiro atoms.